The second-order valence-electron chi connectivity index (χ2n) is 6.15. The first-order valence-corrected chi connectivity index (χ1v) is 9.19. The molecule has 1 aromatic rings. The van der Waals surface area contributed by atoms with Crippen LogP contribution in [0.4, 0.5) is 0 Å². The van der Waals surface area contributed by atoms with Gasteiger partial charge in [-0.1, -0.05) is 52.9 Å². The highest BCUT2D eigenvalue weighted by Gasteiger charge is 2.71. The van der Waals surface area contributed by atoms with Gasteiger partial charge >= 0.3 is 5.97 Å². The van der Waals surface area contributed by atoms with Gasteiger partial charge in [0.05, 0.1) is 31.5 Å². The summed E-state index contributed by atoms with van der Waals surface area (Å²) in [6.07, 6.45) is 1.34. The Labute approximate surface area is 144 Å². The molecule has 0 aromatic heterocycles. The number of ether oxygens (including phenoxy) is 3. The number of rotatable bonds is 7. The molecule has 3 fully saturated rings. The lowest BCUT2D eigenvalue weighted by atomic mass is 9.61. The molecule has 1 saturated carbocycles. The molecule has 1 atom stereocenters. The molecule has 4 nitrogen and oxygen atoms in total. The van der Waals surface area contributed by atoms with E-state index in [1.807, 2.05) is 37.3 Å². The molecule has 0 N–H and O–H groups in total. The lowest BCUT2D eigenvalue weighted by Crippen LogP contribution is -2.52. The van der Waals surface area contributed by atoms with Crippen molar-refractivity contribution in [2.75, 3.05) is 17.6 Å². The molecule has 0 radical (unpaired) electrons. The molecule has 0 spiro atoms. The third-order valence-corrected chi connectivity index (χ3v) is 5.98. The molecule has 3 aliphatic rings. The summed E-state index contributed by atoms with van der Waals surface area (Å²) in [6.45, 7) is 3.23. The molecular formula is C17H21IO4. The van der Waals surface area contributed by atoms with Gasteiger partial charge in [-0.15, -0.1) is 0 Å². The van der Waals surface area contributed by atoms with Gasteiger partial charge in [-0.3, -0.25) is 4.79 Å². The standard InChI is InChI=1S/C17H21IO4/c1-2-21-15(19)17-10-16(11-17,12-18)22-14(17)9-20-8-13-6-4-3-5-7-13/h3-7,14H,2,8-12H2,1H3. The Morgan fingerprint density at radius 1 is 1.36 bits per heavy atom. The molecule has 1 unspecified atom stereocenters. The molecule has 2 saturated heterocycles. The second kappa shape index (κ2) is 6.45. The van der Waals surface area contributed by atoms with Crippen LogP contribution in [0.5, 0.6) is 0 Å². The van der Waals surface area contributed by atoms with Crippen LogP contribution in [0.1, 0.15) is 25.3 Å². The largest absolute Gasteiger partial charge is 0.465 e. The molecule has 120 valence electrons. The summed E-state index contributed by atoms with van der Waals surface area (Å²) in [7, 11) is 0. The van der Waals surface area contributed by atoms with Gasteiger partial charge in [0.2, 0.25) is 0 Å². The second-order valence-corrected chi connectivity index (χ2v) is 6.92. The van der Waals surface area contributed by atoms with Crippen LogP contribution in [0, 0.1) is 5.41 Å². The van der Waals surface area contributed by atoms with Crippen molar-refractivity contribution in [2.24, 2.45) is 5.41 Å². The molecule has 0 amide bonds. The summed E-state index contributed by atoms with van der Waals surface area (Å²) in [6, 6.07) is 10.0. The van der Waals surface area contributed by atoms with Crippen molar-refractivity contribution < 1.29 is 19.0 Å². The highest BCUT2D eigenvalue weighted by molar-refractivity contribution is 14.1. The summed E-state index contributed by atoms with van der Waals surface area (Å²) in [5, 5.41) is 0. The van der Waals surface area contributed by atoms with E-state index >= 15 is 0 Å². The van der Waals surface area contributed by atoms with Crippen molar-refractivity contribution in [3.05, 3.63) is 35.9 Å². The molecule has 4 rings (SSSR count). The Bertz CT molecular complexity index is 525. The fourth-order valence-electron chi connectivity index (χ4n) is 3.55. The zero-order valence-corrected chi connectivity index (χ0v) is 14.9. The fraction of sp³-hybridized carbons (Fsp3) is 0.588. The maximum atomic E-state index is 12.3. The molecule has 2 bridgehead atoms. The number of halogens is 1. The minimum absolute atomic E-state index is 0.124. The Morgan fingerprint density at radius 2 is 2.09 bits per heavy atom. The van der Waals surface area contributed by atoms with E-state index in [4.69, 9.17) is 14.2 Å². The van der Waals surface area contributed by atoms with Gasteiger partial charge in [-0.25, -0.2) is 0 Å². The van der Waals surface area contributed by atoms with Crippen LogP contribution in [0.3, 0.4) is 0 Å². The third kappa shape index (κ3) is 2.78. The molecular weight excluding hydrogens is 395 g/mol. The van der Waals surface area contributed by atoms with Crippen LogP contribution in [-0.2, 0) is 25.6 Å². The zero-order chi connectivity index (χ0) is 15.6. The van der Waals surface area contributed by atoms with E-state index in [0.29, 0.717) is 19.8 Å². The predicted molar refractivity (Wildman–Crippen MR) is 90.9 cm³/mol. The number of benzene rings is 1. The Kier molecular flexibility index (Phi) is 4.75. The van der Waals surface area contributed by atoms with E-state index < -0.39 is 5.41 Å². The third-order valence-electron chi connectivity index (χ3n) is 4.59. The van der Waals surface area contributed by atoms with Crippen LogP contribution >= 0.6 is 22.6 Å². The van der Waals surface area contributed by atoms with Crippen molar-refractivity contribution >= 4 is 28.6 Å². The Hall–Kier alpha value is -0.660. The van der Waals surface area contributed by atoms with E-state index in [0.717, 1.165) is 22.8 Å². The number of fused-ring (bicyclic) bond motifs is 1. The lowest BCUT2D eigenvalue weighted by molar-refractivity contribution is -0.162. The van der Waals surface area contributed by atoms with Crippen LogP contribution in [0.25, 0.3) is 0 Å². The number of alkyl halides is 1. The highest BCUT2D eigenvalue weighted by Crippen LogP contribution is 2.62. The normalized spacial score (nSPS) is 32.5. The van der Waals surface area contributed by atoms with Crippen molar-refractivity contribution in [1.29, 1.82) is 0 Å². The van der Waals surface area contributed by atoms with Gasteiger partial charge in [0.25, 0.3) is 0 Å². The maximum Gasteiger partial charge on any atom is 0.315 e. The van der Waals surface area contributed by atoms with E-state index in [1.54, 1.807) is 0 Å². The predicted octanol–water partition coefficient (Wildman–Crippen LogP) is 3.12. The van der Waals surface area contributed by atoms with Gasteiger partial charge < -0.3 is 14.2 Å². The van der Waals surface area contributed by atoms with Crippen LogP contribution < -0.4 is 0 Å². The van der Waals surface area contributed by atoms with Gasteiger partial charge in [0.15, 0.2) is 0 Å². The van der Waals surface area contributed by atoms with Gasteiger partial charge in [0, 0.05) is 4.43 Å². The molecule has 1 aliphatic carbocycles. The number of esters is 1. The van der Waals surface area contributed by atoms with Crippen molar-refractivity contribution in [1.82, 2.24) is 0 Å². The SMILES string of the molecule is CCOC(=O)C12CC(CI)(C1)OC2COCc1ccccc1. The quantitative estimate of drug-likeness (QED) is 0.389. The fourth-order valence-corrected chi connectivity index (χ4v) is 4.27. The van der Waals surface area contributed by atoms with E-state index in [-0.39, 0.29) is 17.7 Å². The van der Waals surface area contributed by atoms with Crippen molar-refractivity contribution in [3.8, 4) is 0 Å². The summed E-state index contributed by atoms with van der Waals surface area (Å²) in [4.78, 5) is 12.3. The van der Waals surface area contributed by atoms with E-state index in [1.165, 1.54) is 0 Å². The number of carbonyl (C=O) groups is 1. The van der Waals surface area contributed by atoms with Gasteiger partial charge in [0.1, 0.15) is 5.41 Å². The van der Waals surface area contributed by atoms with Crippen LogP contribution in [0.2, 0.25) is 0 Å². The first kappa shape index (κ1) is 16.2. The summed E-state index contributed by atoms with van der Waals surface area (Å²) in [5.41, 5.74) is 0.494. The average molecular weight is 416 g/mol. The molecule has 22 heavy (non-hydrogen) atoms. The highest BCUT2D eigenvalue weighted by atomic mass is 127. The van der Waals surface area contributed by atoms with Gasteiger partial charge in [-0.2, -0.15) is 0 Å². The van der Waals surface area contributed by atoms with E-state index in [2.05, 4.69) is 22.6 Å². The monoisotopic (exact) mass is 416 g/mol. The molecule has 2 heterocycles. The van der Waals surface area contributed by atoms with Crippen LogP contribution in [0.15, 0.2) is 30.3 Å². The zero-order valence-electron chi connectivity index (χ0n) is 12.7. The van der Waals surface area contributed by atoms with E-state index in [9.17, 15) is 4.79 Å². The number of hydrogen-bond acceptors (Lipinski definition) is 4. The summed E-state index contributed by atoms with van der Waals surface area (Å²) in [5.74, 6) is -0.124. The lowest BCUT2D eigenvalue weighted by Gasteiger charge is -2.42. The minimum atomic E-state index is -0.488. The smallest absolute Gasteiger partial charge is 0.315 e. The Balaban J connectivity index is 1.61. The van der Waals surface area contributed by atoms with Crippen molar-refractivity contribution in [2.45, 2.75) is 38.1 Å². The average Bonchev–Trinajstić information content (AvgIpc) is 2.99. The topological polar surface area (TPSA) is 44.8 Å². The molecule has 2 aliphatic heterocycles. The summed E-state index contributed by atoms with van der Waals surface area (Å²) < 4.78 is 18.1. The number of hydrogen-bond donors (Lipinski definition) is 0. The number of carbonyl (C=O) groups excluding carboxylic acids is 1. The summed E-state index contributed by atoms with van der Waals surface area (Å²) >= 11 is 2.33. The maximum absolute atomic E-state index is 12.3. The first-order chi connectivity index (χ1) is 10.6. The van der Waals surface area contributed by atoms with Crippen molar-refractivity contribution in [3.63, 3.8) is 0 Å². The Morgan fingerprint density at radius 3 is 2.73 bits per heavy atom. The molecule has 1 aromatic carbocycles. The minimum Gasteiger partial charge on any atom is -0.465 e. The van der Waals surface area contributed by atoms with Gasteiger partial charge in [-0.05, 0) is 25.3 Å². The first-order valence-electron chi connectivity index (χ1n) is 7.67. The molecule has 5 heteroatoms. The van der Waals surface area contributed by atoms with Crippen LogP contribution in [-0.4, -0.2) is 35.3 Å².